The molecule has 112 valence electrons. The summed E-state index contributed by atoms with van der Waals surface area (Å²) in [5.74, 6) is 0.487. The van der Waals surface area contributed by atoms with Gasteiger partial charge in [-0.05, 0) is 25.0 Å². The molecule has 6 nitrogen and oxygen atoms in total. The van der Waals surface area contributed by atoms with Crippen molar-refractivity contribution in [2.24, 2.45) is 0 Å². The normalized spacial score (nSPS) is 18.1. The number of aromatic nitrogens is 1. The molecule has 0 radical (unpaired) electrons. The summed E-state index contributed by atoms with van der Waals surface area (Å²) in [5.41, 5.74) is 1.38. The maximum absolute atomic E-state index is 12.3. The topological polar surface area (TPSA) is 78.2 Å². The first-order valence-corrected chi connectivity index (χ1v) is 7.16. The summed E-state index contributed by atoms with van der Waals surface area (Å²) >= 11 is 0. The molecule has 1 aliphatic heterocycles. The van der Waals surface area contributed by atoms with E-state index in [1.54, 1.807) is 12.3 Å². The maximum atomic E-state index is 12.3. The fraction of sp³-hybridized carbons (Fsp3) is 0.533. The van der Waals surface area contributed by atoms with Crippen molar-refractivity contribution in [3.05, 3.63) is 23.4 Å². The fourth-order valence-corrected chi connectivity index (χ4v) is 2.34. The number of carbonyl (C=O) groups excluding carboxylic acids is 1. The SMILES string of the molecule is CCCNC(=O)C1COCCN1c1nccc(C)c1C#N. The third-order valence-electron chi connectivity index (χ3n) is 3.50. The molecule has 0 aromatic carbocycles. The molecular formula is C15H20N4O2. The molecule has 0 aliphatic carbocycles. The zero-order valence-corrected chi connectivity index (χ0v) is 12.4. The van der Waals surface area contributed by atoms with Crippen molar-refractivity contribution in [1.29, 1.82) is 5.26 Å². The van der Waals surface area contributed by atoms with Crippen LogP contribution in [0.2, 0.25) is 0 Å². The first-order chi connectivity index (χ1) is 10.2. The van der Waals surface area contributed by atoms with Crippen LogP contribution in [-0.2, 0) is 9.53 Å². The van der Waals surface area contributed by atoms with Crippen LogP contribution in [0, 0.1) is 18.3 Å². The number of amides is 1. The Labute approximate surface area is 124 Å². The smallest absolute Gasteiger partial charge is 0.245 e. The quantitative estimate of drug-likeness (QED) is 0.894. The van der Waals surface area contributed by atoms with Crippen LogP contribution in [-0.4, -0.2) is 43.2 Å². The van der Waals surface area contributed by atoms with E-state index < -0.39 is 6.04 Å². The third-order valence-corrected chi connectivity index (χ3v) is 3.50. The first kappa shape index (κ1) is 15.3. The molecule has 1 amide bonds. The molecule has 0 spiro atoms. The lowest BCUT2D eigenvalue weighted by atomic mass is 10.1. The number of ether oxygens (including phenoxy) is 1. The lowest BCUT2D eigenvalue weighted by Gasteiger charge is -2.36. The minimum Gasteiger partial charge on any atom is -0.377 e. The van der Waals surface area contributed by atoms with Gasteiger partial charge in [-0.15, -0.1) is 0 Å². The number of hydrogen-bond donors (Lipinski definition) is 1. The number of anilines is 1. The highest BCUT2D eigenvalue weighted by Gasteiger charge is 2.31. The molecule has 1 aromatic rings. The predicted molar refractivity (Wildman–Crippen MR) is 78.9 cm³/mol. The van der Waals surface area contributed by atoms with Gasteiger partial charge in [0.05, 0.1) is 18.8 Å². The number of hydrogen-bond acceptors (Lipinski definition) is 5. The highest BCUT2D eigenvalue weighted by Crippen LogP contribution is 2.23. The van der Waals surface area contributed by atoms with Crippen LogP contribution < -0.4 is 10.2 Å². The number of nitriles is 1. The molecule has 1 unspecified atom stereocenters. The monoisotopic (exact) mass is 288 g/mol. The standard InChI is InChI=1S/C15H20N4O2/c1-3-5-18-15(20)13-10-21-8-7-19(13)14-12(9-16)11(2)4-6-17-14/h4,6,13H,3,5,7-8,10H2,1-2H3,(H,18,20). The Bertz CT molecular complexity index is 553. The molecule has 2 rings (SSSR count). The van der Waals surface area contributed by atoms with Gasteiger partial charge < -0.3 is 15.0 Å². The van der Waals surface area contributed by atoms with Gasteiger partial charge >= 0.3 is 0 Å². The van der Waals surface area contributed by atoms with Crippen LogP contribution in [0.4, 0.5) is 5.82 Å². The average Bonchev–Trinajstić information content (AvgIpc) is 2.52. The minimum atomic E-state index is -0.438. The number of pyridine rings is 1. The van der Waals surface area contributed by atoms with Gasteiger partial charge in [0.2, 0.25) is 5.91 Å². The Balaban J connectivity index is 2.29. The number of nitrogens with zero attached hydrogens (tertiary/aromatic N) is 3. The van der Waals surface area contributed by atoms with Crippen molar-refractivity contribution in [2.45, 2.75) is 26.3 Å². The number of morpholine rings is 1. The van der Waals surface area contributed by atoms with Crippen LogP contribution >= 0.6 is 0 Å². The van der Waals surface area contributed by atoms with Crippen molar-refractivity contribution in [3.8, 4) is 6.07 Å². The zero-order chi connectivity index (χ0) is 15.2. The molecule has 2 heterocycles. The summed E-state index contributed by atoms with van der Waals surface area (Å²) < 4.78 is 5.43. The molecule has 0 bridgehead atoms. The van der Waals surface area contributed by atoms with Gasteiger partial charge in [0.25, 0.3) is 0 Å². The molecular weight excluding hydrogens is 268 g/mol. The first-order valence-electron chi connectivity index (χ1n) is 7.16. The molecule has 0 saturated carbocycles. The Kier molecular flexibility index (Phi) is 5.12. The van der Waals surface area contributed by atoms with Crippen molar-refractivity contribution < 1.29 is 9.53 Å². The minimum absolute atomic E-state index is 0.0799. The van der Waals surface area contributed by atoms with E-state index in [4.69, 9.17) is 4.74 Å². The molecule has 1 atom stereocenters. The van der Waals surface area contributed by atoms with E-state index in [1.807, 2.05) is 18.7 Å². The Morgan fingerprint density at radius 2 is 2.48 bits per heavy atom. The Morgan fingerprint density at radius 1 is 1.67 bits per heavy atom. The average molecular weight is 288 g/mol. The molecule has 21 heavy (non-hydrogen) atoms. The lowest BCUT2D eigenvalue weighted by molar-refractivity contribution is -0.124. The summed E-state index contributed by atoms with van der Waals surface area (Å²) in [6.45, 7) is 5.90. The summed E-state index contributed by atoms with van der Waals surface area (Å²) in [7, 11) is 0. The van der Waals surface area contributed by atoms with E-state index in [2.05, 4.69) is 16.4 Å². The van der Waals surface area contributed by atoms with Gasteiger partial charge in [0.15, 0.2) is 0 Å². The summed E-state index contributed by atoms with van der Waals surface area (Å²) in [5, 5.41) is 12.2. The number of carbonyl (C=O) groups is 1. The van der Waals surface area contributed by atoms with Gasteiger partial charge in [-0.25, -0.2) is 4.98 Å². The molecule has 1 saturated heterocycles. The van der Waals surface area contributed by atoms with Crippen LogP contribution in [0.15, 0.2) is 12.3 Å². The van der Waals surface area contributed by atoms with Gasteiger partial charge in [0.1, 0.15) is 17.9 Å². The highest BCUT2D eigenvalue weighted by molar-refractivity contribution is 5.85. The van der Waals surface area contributed by atoms with Crippen molar-refractivity contribution in [2.75, 3.05) is 31.2 Å². The Hall–Kier alpha value is -2.13. The Morgan fingerprint density at radius 3 is 3.19 bits per heavy atom. The zero-order valence-electron chi connectivity index (χ0n) is 12.4. The van der Waals surface area contributed by atoms with Gasteiger partial charge in [0, 0.05) is 19.3 Å². The number of aryl methyl sites for hydroxylation is 1. The van der Waals surface area contributed by atoms with Gasteiger partial charge in [-0.3, -0.25) is 4.79 Å². The lowest BCUT2D eigenvalue weighted by Crippen LogP contribution is -2.54. The molecule has 1 aromatic heterocycles. The van der Waals surface area contributed by atoms with Crippen LogP contribution in [0.25, 0.3) is 0 Å². The van der Waals surface area contributed by atoms with E-state index in [-0.39, 0.29) is 5.91 Å². The molecule has 6 heteroatoms. The van der Waals surface area contributed by atoms with E-state index in [0.717, 1.165) is 12.0 Å². The highest BCUT2D eigenvalue weighted by atomic mass is 16.5. The van der Waals surface area contributed by atoms with E-state index >= 15 is 0 Å². The van der Waals surface area contributed by atoms with Crippen LogP contribution in [0.1, 0.15) is 24.5 Å². The summed E-state index contributed by atoms with van der Waals surface area (Å²) in [6.07, 6.45) is 2.55. The largest absolute Gasteiger partial charge is 0.377 e. The maximum Gasteiger partial charge on any atom is 0.245 e. The third kappa shape index (κ3) is 3.31. The van der Waals surface area contributed by atoms with Crippen LogP contribution in [0.3, 0.4) is 0 Å². The van der Waals surface area contributed by atoms with Crippen molar-refractivity contribution >= 4 is 11.7 Å². The predicted octanol–water partition coefficient (Wildman–Crippen LogP) is 0.993. The van der Waals surface area contributed by atoms with Gasteiger partial charge in [-0.1, -0.05) is 6.92 Å². The number of rotatable bonds is 4. The van der Waals surface area contributed by atoms with E-state index in [1.165, 1.54) is 0 Å². The fourth-order valence-electron chi connectivity index (χ4n) is 2.34. The molecule has 1 fully saturated rings. The van der Waals surface area contributed by atoms with Crippen LogP contribution in [0.5, 0.6) is 0 Å². The van der Waals surface area contributed by atoms with E-state index in [0.29, 0.717) is 37.7 Å². The number of nitrogens with one attached hydrogen (secondary N) is 1. The second kappa shape index (κ2) is 7.04. The summed E-state index contributed by atoms with van der Waals surface area (Å²) in [4.78, 5) is 18.5. The van der Waals surface area contributed by atoms with Crippen molar-refractivity contribution in [3.63, 3.8) is 0 Å². The second-order valence-electron chi connectivity index (χ2n) is 5.01. The summed E-state index contributed by atoms with van der Waals surface area (Å²) in [6, 6.07) is 3.55. The molecule has 1 aliphatic rings. The molecule has 1 N–H and O–H groups in total. The van der Waals surface area contributed by atoms with Gasteiger partial charge in [-0.2, -0.15) is 5.26 Å². The second-order valence-corrected chi connectivity index (χ2v) is 5.01. The van der Waals surface area contributed by atoms with E-state index in [9.17, 15) is 10.1 Å². The van der Waals surface area contributed by atoms with Crippen molar-refractivity contribution in [1.82, 2.24) is 10.3 Å².